The first-order valence-corrected chi connectivity index (χ1v) is 7.30. The van der Waals surface area contributed by atoms with Gasteiger partial charge in [-0.25, -0.2) is 14.8 Å². The first-order chi connectivity index (χ1) is 10.8. The molecule has 7 heteroatoms. The molecule has 2 aromatic rings. The molecular formula is C15H18N4O3. The molecule has 7 nitrogen and oxygen atoms in total. The van der Waals surface area contributed by atoms with Crippen LogP contribution in [0, 0.1) is 0 Å². The Hall–Kier alpha value is -2.57. The van der Waals surface area contributed by atoms with Gasteiger partial charge in [-0.3, -0.25) is 0 Å². The lowest BCUT2D eigenvalue weighted by molar-refractivity contribution is 0.105. The summed E-state index contributed by atoms with van der Waals surface area (Å²) in [5.41, 5.74) is 0.753. The largest absolute Gasteiger partial charge is 0.463 e. The van der Waals surface area contributed by atoms with Crippen LogP contribution in [0.2, 0.25) is 0 Å². The number of hydrogen-bond donors (Lipinski definition) is 0. The molecule has 0 radical (unpaired) electrons. The highest BCUT2D eigenvalue weighted by atomic mass is 16.6. The van der Waals surface area contributed by atoms with Gasteiger partial charge in [-0.15, -0.1) is 0 Å². The van der Waals surface area contributed by atoms with Crippen LogP contribution in [0.4, 0.5) is 10.6 Å². The second-order valence-corrected chi connectivity index (χ2v) is 4.91. The molecular weight excluding hydrogens is 284 g/mol. The van der Waals surface area contributed by atoms with Gasteiger partial charge in [0.1, 0.15) is 17.8 Å². The van der Waals surface area contributed by atoms with E-state index in [0.29, 0.717) is 38.5 Å². The molecule has 0 spiro atoms. The monoisotopic (exact) mass is 302 g/mol. The molecule has 0 atom stereocenters. The summed E-state index contributed by atoms with van der Waals surface area (Å²) in [6.45, 7) is 4.89. The second kappa shape index (κ2) is 6.46. The zero-order chi connectivity index (χ0) is 15.4. The Kier molecular flexibility index (Phi) is 4.22. The van der Waals surface area contributed by atoms with Crippen molar-refractivity contribution in [2.24, 2.45) is 0 Å². The number of hydrogen-bond acceptors (Lipinski definition) is 6. The summed E-state index contributed by atoms with van der Waals surface area (Å²) < 4.78 is 10.4. The normalized spacial score (nSPS) is 15.0. The fourth-order valence-corrected chi connectivity index (χ4v) is 2.41. The number of nitrogens with zero attached hydrogens (tertiary/aromatic N) is 4. The van der Waals surface area contributed by atoms with E-state index in [-0.39, 0.29) is 6.09 Å². The zero-order valence-corrected chi connectivity index (χ0v) is 12.4. The van der Waals surface area contributed by atoms with Crippen LogP contribution in [-0.2, 0) is 4.74 Å². The maximum atomic E-state index is 11.7. The smallest absolute Gasteiger partial charge is 0.409 e. The van der Waals surface area contributed by atoms with Gasteiger partial charge in [-0.1, -0.05) is 0 Å². The molecule has 1 fully saturated rings. The predicted octanol–water partition coefficient (Wildman–Crippen LogP) is 2.02. The van der Waals surface area contributed by atoms with Crippen LogP contribution in [-0.4, -0.2) is 53.7 Å². The quantitative estimate of drug-likeness (QED) is 0.863. The lowest BCUT2D eigenvalue weighted by Crippen LogP contribution is -2.49. The summed E-state index contributed by atoms with van der Waals surface area (Å²) in [6, 6.07) is 5.60. The Morgan fingerprint density at radius 2 is 2.14 bits per heavy atom. The van der Waals surface area contributed by atoms with Crippen molar-refractivity contribution in [3.05, 3.63) is 30.8 Å². The van der Waals surface area contributed by atoms with Crippen LogP contribution in [0.25, 0.3) is 11.5 Å². The Bertz CT molecular complexity index is 621. The summed E-state index contributed by atoms with van der Waals surface area (Å²) in [5, 5.41) is 0. The molecule has 1 aliphatic heterocycles. The van der Waals surface area contributed by atoms with E-state index in [1.54, 1.807) is 11.2 Å². The summed E-state index contributed by atoms with van der Waals surface area (Å²) in [6.07, 6.45) is 2.90. The lowest BCUT2D eigenvalue weighted by Gasteiger charge is -2.34. The van der Waals surface area contributed by atoms with Crippen molar-refractivity contribution in [3.63, 3.8) is 0 Å². The number of furan rings is 1. The minimum atomic E-state index is -0.249. The van der Waals surface area contributed by atoms with E-state index in [4.69, 9.17) is 9.15 Å². The topological polar surface area (TPSA) is 71.7 Å². The van der Waals surface area contributed by atoms with E-state index in [1.807, 2.05) is 25.1 Å². The van der Waals surface area contributed by atoms with Crippen molar-refractivity contribution in [1.29, 1.82) is 0 Å². The summed E-state index contributed by atoms with van der Waals surface area (Å²) in [4.78, 5) is 24.1. The molecule has 116 valence electrons. The van der Waals surface area contributed by atoms with Crippen molar-refractivity contribution in [2.45, 2.75) is 6.92 Å². The number of anilines is 1. The van der Waals surface area contributed by atoms with Crippen molar-refractivity contribution in [3.8, 4) is 11.5 Å². The third kappa shape index (κ3) is 3.03. The van der Waals surface area contributed by atoms with Gasteiger partial charge in [0.05, 0.1) is 12.9 Å². The molecule has 0 aromatic carbocycles. The van der Waals surface area contributed by atoms with Gasteiger partial charge < -0.3 is 19.0 Å². The molecule has 1 saturated heterocycles. The molecule has 1 amide bonds. The highest BCUT2D eigenvalue weighted by molar-refractivity contribution is 5.68. The summed E-state index contributed by atoms with van der Waals surface area (Å²) >= 11 is 0. The van der Waals surface area contributed by atoms with E-state index < -0.39 is 0 Å². The van der Waals surface area contributed by atoms with E-state index in [1.165, 1.54) is 6.33 Å². The Labute approximate surface area is 128 Å². The second-order valence-electron chi connectivity index (χ2n) is 4.91. The van der Waals surface area contributed by atoms with Crippen molar-refractivity contribution in [2.75, 3.05) is 37.7 Å². The summed E-state index contributed by atoms with van der Waals surface area (Å²) in [5.74, 6) is 1.55. The van der Waals surface area contributed by atoms with Gasteiger partial charge in [0, 0.05) is 32.2 Å². The van der Waals surface area contributed by atoms with Crippen molar-refractivity contribution in [1.82, 2.24) is 14.9 Å². The average Bonchev–Trinajstić information content (AvgIpc) is 3.10. The first kappa shape index (κ1) is 14.4. The van der Waals surface area contributed by atoms with Gasteiger partial charge in [0.15, 0.2) is 5.76 Å². The van der Waals surface area contributed by atoms with Crippen LogP contribution in [0.15, 0.2) is 35.2 Å². The minimum absolute atomic E-state index is 0.249. The maximum absolute atomic E-state index is 11.7. The zero-order valence-electron chi connectivity index (χ0n) is 12.4. The Morgan fingerprint density at radius 3 is 2.82 bits per heavy atom. The van der Waals surface area contributed by atoms with Crippen molar-refractivity contribution >= 4 is 11.9 Å². The number of amides is 1. The van der Waals surface area contributed by atoms with E-state index in [2.05, 4.69) is 14.9 Å². The van der Waals surface area contributed by atoms with Gasteiger partial charge in [0.2, 0.25) is 0 Å². The number of rotatable bonds is 3. The third-order valence-electron chi connectivity index (χ3n) is 3.56. The molecule has 0 N–H and O–H groups in total. The fraction of sp³-hybridized carbons (Fsp3) is 0.400. The first-order valence-electron chi connectivity index (χ1n) is 7.30. The Morgan fingerprint density at radius 1 is 1.32 bits per heavy atom. The van der Waals surface area contributed by atoms with Gasteiger partial charge in [0.25, 0.3) is 0 Å². The number of carbonyl (C=O) groups excluding carboxylic acids is 1. The molecule has 3 heterocycles. The van der Waals surface area contributed by atoms with Gasteiger partial charge in [-0.2, -0.15) is 0 Å². The molecule has 22 heavy (non-hydrogen) atoms. The third-order valence-corrected chi connectivity index (χ3v) is 3.56. The van der Waals surface area contributed by atoms with Crippen LogP contribution >= 0.6 is 0 Å². The lowest BCUT2D eigenvalue weighted by atomic mass is 10.2. The molecule has 0 bridgehead atoms. The van der Waals surface area contributed by atoms with E-state index >= 15 is 0 Å². The predicted molar refractivity (Wildman–Crippen MR) is 80.5 cm³/mol. The van der Waals surface area contributed by atoms with Gasteiger partial charge >= 0.3 is 6.09 Å². The molecule has 3 rings (SSSR count). The summed E-state index contributed by atoms with van der Waals surface area (Å²) in [7, 11) is 0. The number of carbonyl (C=O) groups is 1. The fourth-order valence-electron chi connectivity index (χ4n) is 2.41. The SMILES string of the molecule is CCOC(=O)N1CCN(c2cc(-c3ccco3)ncn2)CC1. The molecule has 0 aliphatic carbocycles. The number of piperazine rings is 1. The highest BCUT2D eigenvalue weighted by Crippen LogP contribution is 2.21. The standard InChI is InChI=1S/C15H18N4O3/c1-2-21-15(20)19-7-5-18(6-8-19)14-10-12(16-11-17-14)13-4-3-9-22-13/h3-4,9-11H,2,5-8H2,1H3. The number of aromatic nitrogens is 2. The molecule has 2 aromatic heterocycles. The van der Waals surface area contributed by atoms with E-state index in [0.717, 1.165) is 11.5 Å². The van der Waals surface area contributed by atoms with Gasteiger partial charge in [-0.05, 0) is 19.1 Å². The van der Waals surface area contributed by atoms with Crippen LogP contribution < -0.4 is 4.90 Å². The molecule has 0 unspecified atom stereocenters. The molecule has 1 aliphatic rings. The van der Waals surface area contributed by atoms with Crippen LogP contribution in [0.3, 0.4) is 0 Å². The van der Waals surface area contributed by atoms with Crippen LogP contribution in [0.5, 0.6) is 0 Å². The molecule has 0 saturated carbocycles. The minimum Gasteiger partial charge on any atom is -0.463 e. The number of ether oxygens (including phenoxy) is 1. The van der Waals surface area contributed by atoms with E-state index in [9.17, 15) is 4.79 Å². The maximum Gasteiger partial charge on any atom is 0.409 e. The highest BCUT2D eigenvalue weighted by Gasteiger charge is 2.23. The van der Waals surface area contributed by atoms with Crippen molar-refractivity contribution < 1.29 is 13.9 Å². The Balaban J connectivity index is 1.66. The average molecular weight is 302 g/mol. The van der Waals surface area contributed by atoms with Crippen LogP contribution in [0.1, 0.15) is 6.92 Å².